The van der Waals surface area contributed by atoms with E-state index in [1.54, 1.807) is 11.9 Å². The molecule has 2 saturated carbocycles. The predicted octanol–water partition coefficient (Wildman–Crippen LogP) is 0.591. The van der Waals surface area contributed by atoms with Gasteiger partial charge in [-0.1, -0.05) is 6.42 Å². The highest BCUT2D eigenvalue weighted by molar-refractivity contribution is 5.83. The normalized spacial score (nSPS) is 41.5. The van der Waals surface area contributed by atoms with E-state index in [0.29, 0.717) is 18.4 Å². The number of amides is 1. The lowest BCUT2D eigenvalue weighted by molar-refractivity contribution is -0.144. The van der Waals surface area contributed by atoms with Crippen molar-refractivity contribution in [3.8, 4) is 0 Å². The van der Waals surface area contributed by atoms with Crippen molar-refractivity contribution in [3.05, 3.63) is 0 Å². The van der Waals surface area contributed by atoms with Crippen molar-refractivity contribution in [2.45, 2.75) is 25.3 Å². The van der Waals surface area contributed by atoms with Crippen LogP contribution in [-0.4, -0.2) is 48.2 Å². The Kier molecular flexibility index (Phi) is 2.81. The van der Waals surface area contributed by atoms with E-state index in [9.17, 15) is 9.59 Å². The lowest BCUT2D eigenvalue weighted by Gasteiger charge is -2.27. The third kappa shape index (κ3) is 1.72. The number of ether oxygens (including phenoxy) is 1. The number of likely N-dealkylation sites (N-methyl/N-ethyl adjacent to an activating group) is 1. The van der Waals surface area contributed by atoms with Gasteiger partial charge < -0.3 is 14.7 Å². The molecule has 3 aliphatic rings. The summed E-state index contributed by atoms with van der Waals surface area (Å²) < 4.78 is 5.22. The molecule has 1 N–H and O–H groups in total. The van der Waals surface area contributed by atoms with E-state index in [1.165, 1.54) is 19.3 Å². The first-order valence-electron chi connectivity index (χ1n) is 6.68. The van der Waals surface area contributed by atoms with Crippen LogP contribution < -0.4 is 0 Å². The Hall–Kier alpha value is -1.10. The lowest BCUT2D eigenvalue weighted by Crippen LogP contribution is -2.45. The molecule has 1 heterocycles. The van der Waals surface area contributed by atoms with Crippen LogP contribution in [0.2, 0.25) is 0 Å². The molecule has 5 heteroatoms. The number of hydrogen-bond acceptors (Lipinski definition) is 3. The Labute approximate surface area is 106 Å². The zero-order valence-corrected chi connectivity index (χ0v) is 10.5. The fourth-order valence-corrected chi connectivity index (χ4v) is 3.75. The summed E-state index contributed by atoms with van der Waals surface area (Å²) in [5, 5.41) is 9.11. The number of hydrogen-bond donors (Lipinski definition) is 1. The summed E-state index contributed by atoms with van der Waals surface area (Å²) in [7, 11) is 1.73. The summed E-state index contributed by atoms with van der Waals surface area (Å²) in [6.07, 6.45) is 3.57. The molecule has 4 atom stereocenters. The molecular formula is C13H19NO4. The summed E-state index contributed by atoms with van der Waals surface area (Å²) >= 11 is 0. The zero-order chi connectivity index (χ0) is 12.9. The highest BCUT2D eigenvalue weighted by Gasteiger charge is 2.58. The number of carbonyl (C=O) groups excluding carboxylic acids is 1. The maximum Gasteiger partial charge on any atom is 0.311 e. The summed E-state index contributed by atoms with van der Waals surface area (Å²) in [4.78, 5) is 25.1. The van der Waals surface area contributed by atoms with Crippen LogP contribution in [-0.2, 0) is 14.3 Å². The molecule has 0 aromatic carbocycles. The molecule has 1 aliphatic heterocycles. The topological polar surface area (TPSA) is 66.8 Å². The molecule has 5 nitrogen and oxygen atoms in total. The molecule has 0 radical (unpaired) electrons. The van der Waals surface area contributed by atoms with Gasteiger partial charge >= 0.3 is 5.97 Å². The van der Waals surface area contributed by atoms with Crippen LogP contribution >= 0.6 is 0 Å². The van der Waals surface area contributed by atoms with Crippen LogP contribution in [0.25, 0.3) is 0 Å². The molecule has 4 unspecified atom stereocenters. The average molecular weight is 253 g/mol. The van der Waals surface area contributed by atoms with Crippen LogP contribution in [0.1, 0.15) is 19.3 Å². The first-order chi connectivity index (χ1) is 8.61. The van der Waals surface area contributed by atoms with E-state index in [4.69, 9.17) is 9.84 Å². The van der Waals surface area contributed by atoms with Crippen molar-refractivity contribution in [2.24, 2.45) is 23.7 Å². The van der Waals surface area contributed by atoms with Gasteiger partial charge in [-0.3, -0.25) is 9.59 Å². The molecule has 100 valence electrons. The Bertz CT molecular complexity index is 373. The maximum atomic E-state index is 12.4. The molecule has 0 aromatic heterocycles. The standard InChI is InChI=1S/C13H19NO4/c1-14(10-6-18-5-9(10)13(16)17)12(15)11-7-3-2-4-8(7)11/h7-11H,2-6H2,1H3,(H,16,17). The van der Waals surface area contributed by atoms with Crippen LogP contribution in [0.15, 0.2) is 0 Å². The monoisotopic (exact) mass is 253 g/mol. The minimum atomic E-state index is -0.867. The maximum absolute atomic E-state index is 12.4. The van der Waals surface area contributed by atoms with Crippen LogP contribution in [0.3, 0.4) is 0 Å². The van der Waals surface area contributed by atoms with Crippen LogP contribution in [0.4, 0.5) is 0 Å². The van der Waals surface area contributed by atoms with Gasteiger partial charge in [0, 0.05) is 13.0 Å². The first kappa shape index (κ1) is 12.0. The summed E-state index contributed by atoms with van der Waals surface area (Å²) in [5.41, 5.74) is 0. The quantitative estimate of drug-likeness (QED) is 0.799. The first-order valence-corrected chi connectivity index (χ1v) is 6.68. The molecule has 3 rings (SSSR count). The lowest BCUT2D eigenvalue weighted by atomic mass is 10.0. The van der Waals surface area contributed by atoms with Gasteiger partial charge in [0.2, 0.25) is 5.91 Å². The van der Waals surface area contributed by atoms with Gasteiger partial charge in [-0.15, -0.1) is 0 Å². The smallest absolute Gasteiger partial charge is 0.311 e. The second-order valence-electron chi connectivity index (χ2n) is 5.78. The van der Waals surface area contributed by atoms with Gasteiger partial charge in [0.15, 0.2) is 0 Å². The minimum absolute atomic E-state index is 0.131. The molecule has 18 heavy (non-hydrogen) atoms. The van der Waals surface area contributed by atoms with Crippen molar-refractivity contribution in [2.75, 3.05) is 20.3 Å². The Morgan fingerprint density at radius 2 is 1.89 bits per heavy atom. The summed E-state index contributed by atoms with van der Waals surface area (Å²) in [6, 6.07) is -0.295. The second-order valence-corrected chi connectivity index (χ2v) is 5.78. The third-order valence-corrected chi connectivity index (χ3v) is 4.90. The molecule has 1 saturated heterocycles. The number of carbonyl (C=O) groups is 2. The van der Waals surface area contributed by atoms with Crippen molar-refractivity contribution >= 4 is 11.9 Å². The van der Waals surface area contributed by atoms with Gasteiger partial charge in [-0.05, 0) is 24.7 Å². The van der Waals surface area contributed by atoms with E-state index < -0.39 is 11.9 Å². The predicted molar refractivity (Wildman–Crippen MR) is 62.8 cm³/mol. The second kappa shape index (κ2) is 4.23. The molecule has 0 spiro atoms. The number of aliphatic carboxylic acids is 1. The van der Waals surface area contributed by atoms with Gasteiger partial charge in [0.25, 0.3) is 0 Å². The van der Waals surface area contributed by atoms with E-state index in [1.807, 2.05) is 0 Å². The number of nitrogens with zero attached hydrogens (tertiary/aromatic N) is 1. The Morgan fingerprint density at radius 1 is 1.22 bits per heavy atom. The van der Waals surface area contributed by atoms with E-state index in [-0.39, 0.29) is 24.5 Å². The number of carboxylic acid groups (broad SMARTS) is 1. The van der Waals surface area contributed by atoms with E-state index in [2.05, 4.69) is 0 Å². The molecule has 0 aromatic rings. The molecule has 1 amide bonds. The number of rotatable bonds is 3. The van der Waals surface area contributed by atoms with Crippen molar-refractivity contribution in [3.63, 3.8) is 0 Å². The highest BCUT2D eigenvalue weighted by Crippen LogP contribution is 2.58. The van der Waals surface area contributed by atoms with Crippen molar-refractivity contribution in [1.82, 2.24) is 4.90 Å². The fourth-order valence-electron chi connectivity index (χ4n) is 3.75. The molecule has 0 bridgehead atoms. The van der Waals surface area contributed by atoms with Gasteiger partial charge in [-0.2, -0.15) is 0 Å². The summed E-state index contributed by atoms with van der Waals surface area (Å²) in [6.45, 7) is 0.566. The van der Waals surface area contributed by atoms with Gasteiger partial charge in [0.05, 0.1) is 19.3 Å². The molecule has 2 aliphatic carbocycles. The van der Waals surface area contributed by atoms with E-state index in [0.717, 1.165) is 0 Å². The zero-order valence-electron chi connectivity index (χ0n) is 10.5. The Morgan fingerprint density at radius 3 is 2.50 bits per heavy atom. The van der Waals surface area contributed by atoms with Gasteiger partial charge in [-0.25, -0.2) is 0 Å². The molecular weight excluding hydrogens is 234 g/mol. The SMILES string of the molecule is CN(C(=O)C1C2CCCC21)C1COCC1C(=O)O. The minimum Gasteiger partial charge on any atom is -0.481 e. The third-order valence-electron chi connectivity index (χ3n) is 4.90. The number of carboxylic acids is 1. The van der Waals surface area contributed by atoms with E-state index >= 15 is 0 Å². The van der Waals surface area contributed by atoms with Crippen molar-refractivity contribution < 1.29 is 19.4 Å². The van der Waals surface area contributed by atoms with Crippen LogP contribution in [0, 0.1) is 23.7 Å². The average Bonchev–Trinajstić information content (AvgIpc) is 2.79. The largest absolute Gasteiger partial charge is 0.481 e. The van der Waals surface area contributed by atoms with Gasteiger partial charge in [0.1, 0.15) is 5.92 Å². The molecule has 3 fully saturated rings. The summed E-state index contributed by atoms with van der Waals surface area (Å²) in [5.74, 6) is 0.00651. The van der Waals surface area contributed by atoms with Crippen LogP contribution in [0.5, 0.6) is 0 Å². The van der Waals surface area contributed by atoms with Crippen molar-refractivity contribution in [1.29, 1.82) is 0 Å². The number of fused-ring (bicyclic) bond motifs is 1. The highest BCUT2D eigenvalue weighted by atomic mass is 16.5. The Balaban J connectivity index is 1.65. The fraction of sp³-hybridized carbons (Fsp3) is 0.846.